The van der Waals surface area contributed by atoms with E-state index in [1.54, 1.807) is 18.5 Å². The number of rotatable bonds is 10. The minimum atomic E-state index is -0.442. The van der Waals surface area contributed by atoms with E-state index in [2.05, 4.69) is 20.6 Å². The van der Waals surface area contributed by atoms with Crippen LogP contribution in [0.3, 0.4) is 0 Å². The molecular formula is C21H23N5O3. The second-order valence-corrected chi connectivity index (χ2v) is 6.35. The van der Waals surface area contributed by atoms with Crippen LogP contribution in [0.15, 0.2) is 67.0 Å². The highest BCUT2D eigenvalue weighted by Crippen LogP contribution is 2.28. The molecule has 3 rings (SSSR count). The van der Waals surface area contributed by atoms with Crippen LogP contribution < -0.4 is 15.4 Å². The fourth-order valence-electron chi connectivity index (χ4n) is 2.97. The Balaban J connectivity index is 1.61. The Labute approximate surface area is 169 Å². The van der Waals surface area contributed by atoms with Gasteiger partial charge in [0.1, 0.15) is 5.75 Å². The van der Waals surface area contributed by atoms with E-state index in [1.807, 2.05) is 36.4 Å². The van der Waals surface area contributed by atoms with E-state index in [4.69, 9.17) is 4.74 Å². The smallest absolute Gasteiger partial charge is 0.273 e. The first-order valence-corrected chi connectivity index (χ1v) is 9.28. The minimum Gasteiger partial charge on any atom is -0.494 e. The highest BCUT2D eigenvalue weighted by Gasteiger charge is 2.14. The van der Waals surface area contributed by atoms with Gasteiger partial charge in [-0.1, -0.05) is 12.1 Å². The van der Waals surface area contributed by atoms with E-state index in [9.17, 15) is 10.1 Å². The average Bonchev–Trinajstić information content (AvgIpc) is 2.77. The second kappa shape index (κ2) is 10.1. The lowest BCUT2D eigenvalue weighted by molar-refractivity contribution is -0.384. The van der Waals surface area contributed by atoms with Gasteiger partial charge in [0.05, 0.1) is 35.5 Å². The number of ether oxygens (including phenoxy) is 1. The van der Waals surface area contributed by atoms with Crippen molar-refractivity contribution in [2.75, 3.05) is 25.5 Å². The molecule has 0 aliphatic rings. The van der Waals surface area contributed by atoms with Crippen molar-refractivity contribution in [3.63, 3.8) is 0 Å². The van der Waals surface area contributed by atoms with E-state index < -0.39 is 4.92 Å². The molecule has 1 unspecified atom stereocenters. The normalized spacial score (nSPS) is 11.6. The number of methoxy groups -OCH3 is 1. The largest absolute Gasteiger partial charge is 0.494 e. The third kappa shape index (κ3) is 5.73. The predicted octanol–water partition coefficient (Wildman–Crippen LogP) is 3.38. The summed E-state index contributed by atoms with van der Waals surface area (Å²) in [5.74, 6) is 0.439. The van der Waals surface area contributed by atoms with E-state index in [0.717, 1.165) is 17.8 Å². The summed E-state index contributed by atoms with van der Waals surface area (Å²) >= 11 is 0. The lowest BCUT2D eigenvalue weighted by Gasteiger charge is -2.19. The molecule has 0 amide bonds. The van der Waals surface area contributed by atoms with Crippen molar-refractivity contribution in [1.82, 2.24) is 15.3 Å². The van der Waals surface area contributed by atoms with Crippen molar-refractivity contribution >= 4 is 11.4 Å². The number of hydrogen-bond acceptors (Lipinski definition) is 7. The molecule has 0 radical (unpaired) electrons. The molecule has 0 fully saturated rings. The van der Waals surface area contributed by atoms with Crippen LogP contribution >= 0.6 is 0 Å². The first-order chi connectivity index (χ1) is 14.2. The molecular weight excluding hydrogens is 370 g/mol. The second-order valence-electron chi connectivity index (χ2n) is 6.35. The Morgan fingerprint density at radius 2 is 1.86 bits per heavy atom. The fourth-order valence-corrected chi connectivity index (χ4v) is 2.97. The summed E-state index contributed by atoms with van der Waals surface area (Å²) in [7, 11) is 1.49. The zero-order valence-corrected chi connectivity index (χ0v) is 16.1. The quantitative estimate of drug-likeness (QED) is 0.309. The minimum absolute atomic E-state index is 0.00361. The number of aromatic nitrogens is 2. The highest BCUT2D eigenvalue weighted by atomic mass is 16.6. The number of pyridine rings is 2. The third-order valence-electron chi connectivity index (χ3n) is 4.41. The summed E-state index contributed by atoms with van der Waals surface area (Å²) in [5.41, 5.74) is 2.64. The molecule has 0 saturated heterocycles. The van der Waals surface area contributed by atoms with Crippen molar-refractivity contribution in [2.24, 2.45) is 0 Å². The molecule has 0 aliphatic carbocycles. The molecule has 0 aliphatic heterocycles. The van der Waals surface area contributed by atoms with Gasteiger partial charge >= 0.3 is 0 Å². The molecule has 0 spiro atoms. The van der Waals surface area contributed by atoms with Crippen LogP contribution in [-0.2, 0) is 6.42 Å². The van der Waals surface area contributed by atoms with Crippen LogP contribution in [0.25, 0.3) is 0 Å². The Kier molecular flexibility index (Phi) is 7.07. The number of nitro groups is 1. The van der Waals surface area contributed by atoms with Crippen molar-refractivity contribution in [3.05, 3.63) is 88.5 Å². The Morgan fingerprint density at radius 1 is 1.07 bits per heavy atom. The third-order valence-corrected chi connectivity index (χ3v) is 4.41. The number of nitro benzene ring substituents is 1. The van der Waals surface area contributed by atoms with E-state index in [1.165, 1.54) is 19.2 Å². The maximum atomic E-state index is 10.9. The van der Waals surface area contributed by atoms with Crippen LogP contribution in [-0.4, -0.2) is 35.1 Å². The van der Waals surface area contributed by atoms with Gasteiger partial charge in [-0.2, -0.15) is 0 Å². The lowest BCUT2D eigenvalue weighted by atomic mass is 10.1. The van der Waals surface area contributed by atoms with Gasteiger partial charge in [0.2, 0.25) is 0 Å². The zero-order valence-electron chi connectivity index (χ0n) is 16.1. The summed E-state index contributed by atoms with van der Waals surface area (Å²) in [6.07, 6.45) is 4.29. The molecule has 0 saturated carbocycles. The highest BCUT2D eigenvalue weighted by molar-refractivity contribution is 5.60. The van der Waals surface area contributed by atoms with Gasteiger partial charge in [0.25, 0.3) is 5.69 Å². The van der Waals surface area contributed by atoms with Gasteiger partial charge in [0, 0.05) is 43.7 Å². The molecule has 150 valence electrons. The number of nitrogens with one attached hydrogen (secondary N) is 2. The van der Waals surface area contributed by atoms with E-state index >= 15 is 0 Å². The molecule has 8 nitrogen and oxygen atoms in total. The fraction of sp³-hybridized carbons (Fsp3) is 0.238. The summed E-state index contributed by atoms with van der Waals surface area (Å²) in [5, 5.41) is 17.7. The standard InChI is InChI=1S/C21H23N5O3/c1-29-21-15-17(26(27)28)8-9-19(21)24-12-13-25-20(18-7-3-5-11-23-18)14-16-6-2-4-10-22-16/h2-11,15,20,24-25H,12-14H2,1H3. The first-order valence-electron chi connectivity index (χ1n) is 9.28. The van der Waals surface area contributed by atoms with E-state index in [-0.39, 0.29) is 11.7 Å². The van der Waals surface area contributed by atoms with Gasteiger partial charge in [-0.3, -0.25) is 20.1 Å². The van der Waals surface area contributed by atoms with Crippen molar-refractivity contribution in [1.29, 1.82) is 0 Å². The summed E-state index contributed by atoms with van der Waals surface area (Å²) < 4.78 is 5.26. The summed E-state index contributed by atoms with van der Waals surface area (Å²) in [4.78, 5) is 19.3. The number of anilines is 1. The van der Waals surface area contributed by atoms with Gasteiger partial charge in [-0.05, 0) is 30.3 Å². The summed E-state index contributed by atoms with van der Waals surface area (Å²) in [6.45, 7) is 1.27. The lowest BCUT2D eigenvalue weighted by Crippen LogP contribution is -2.29. The van der Waals surface area contributed by atoms with Gasteiger partial charge in [-0.15, -0.1) is 0 Å². The Bertz CT molecular complexity index is 922. The number of non-ortho nitro benzene ring substituents is 1. The zero-order chi connectivity index (χ0) is 20.5. The van der Waals surface area contributed by atoms with Crippen LogP contribution in [0.1, 0.15) is 17.4 Å². The van der Waals surface area contributed by atoms with Crippen molar-refractivity contribution in [2.45, 2.75) is 12.5 Å². The van der Waals surface area contributed by atoms with E-state index in [0.29, 0.717) is 24.5 Å². The molecule has 1 aromatic carbocycles. The molecule has 2 N–H and O–H groups in total. The molecule has 8 heteroatoms. The van der Waals surface area contributed by atoms with Crippen LogP contribution in [0.5, 0.6) is 5.75 Å². The van der Waals surface area contributed by atoms with Gasteiger partial charge in [0.15, 0.2) is 0 Å². The topological polar surface area (TPSA) is 102 Å². The predicted molar refractivity (Wildman–Crippen MR) is 111 cm³/mol. The molecule has 2 aromatic heterocycles. The number of nitrogens with zero attached hydrogens (tertiary/aromatic N) is 3. The average molecular weight is 393 g/mol. The van der Waals surface area contributed by atoms with Gasteiger partial charge < -0.3 is 15.4 Å². The molecule has 0 bridgehead atoms. The van der Waals surface area contributed by atoms with Crippen molar-refractivity contribution < 1.29 is 9.66 Å². The van der Waals surface area contributed by atoms with Crippen LogP contribution in [0, 0.1) is 10.1 Å². The SMILES string of the molecule is COc1cc([N+](=O)[O-])ccc1NCCNC(Cc1ccccn1)c1ccccn1. The Hall–Kier alpha value is -3.52. The number of benzene rings is 1. The van der Waals surface area contributed by atoms with Crippen LogP contribution in [0.2, 0.25) is 0 Å². The Morgan fingerprint density at radius 3 is 2.52 bits per heavy atom. The molecule has 29 heavy (non-hydrogen) atoms. The monoisotopic (exact) mass is 393 g/mol. The maximum Gasteiger partial charge on any atom is 0.273 e. The number of hydrogen-bond donors (Lipinski definition) is 2. The molecule has 3 aromatic rings. The van der Waals surface area contributed by atoms with Crippen molar-refractivity contribution in [3.8, 4) is 5.75 Å². The first kappa shape index (κ1) is 20.2. The van der Waals surface area contributed by atoms with Gasteiger partial charge in [-0.25, -0.2) is 0 Å². The maximum absolute atomic E-state index is 10.9. The molecule has 1 atom stereocenters. The van der Waals surface area contributed by atoms with Crippen LogP contribution in [0.4, 0.5) is 11.4 Å². The molecule has 2 heterocycles. The summed E-state index contributed by atoms with van der Waals surface area (Å²) in [6, 6.07) is 16.3.